The van der Waals surface area contributed by atoms with Gasteiger partial charge in [0, 0.05) is 34.0 Å². The quantitative estimate of drug-likeness (QED) is 0.453. The number of rotatable bonds is 6. The Labute approximate surface area is 176 Å². The van der Waals surface area contributed by atoms with Crippen LogP contribution in [-0.4, -0.2) is 22.7 Å². The van der Waals surface area contributed by atoms with Gasteiger partial charge in [0.1, 0.15) is 0 Å². The van der Waals surface area contributed by atoms with E-state index in [2.05, 4.69) is 5.32 Å². The van der Waals surface area contributed by atoms with Crippen LogP contribution in [0.15, 0.2) is 35.2 Å². The highest BCUT2D eigenvalue weighted by Gasteiger charge is 2.26. The van der Waals surface area contributed by atoms with Crippen LogP contribution in [-0.2, 0) is 4.79 Å². The lowest BCUT2D eigenvalue weighted by Gasteiger charge is -2.25. The monoisotopic (exact) mass is 437 g/mol. The van der Waals surface area contributed by atoms with E-state index in [1.54, 1.807) is 30.0 Å². The Kier molecular flexibility index (Phi) is 7.07. The summed E-state index contributed by atoms with van der Waals surface area (Å²) in [6.07, 6.45) is 3.11. The molecule has 2 N–H and O–H groups in total. The molecule has 0 aliphatic heterocycles. The second-order valence-corrected chi connectivity index (χ2v) is 8.62. The number of anilines is 1. The van der Waals surface area contributed by atoms with Crippen LogP contribution in [0.3, 0.4) is 0 Å². The Morgan fingerprint density at radius 1 is 1.07 bits per heavy atom. The Morgan fingerprint density at radius 3 is 2.30 bits per heavy atom. The third-order valence-corrected chi connectivity index (χ3v) is 6.75. The van der Waals surface area contributed by atoms with Gasteiger partial charge >= 0.3 is 5.97 Å². The standard InChI is InChI=1S/C22H22F3NO3S/c1-12-2-5-15(21(27)26-16-9-17(23)20(25)18(24)10-16)8-19(12)30-11-13-3-6-14(7-4-13)22(28)29/h2,5,8-10,13-14H,3-4,6-7,11H2,1H3,(H,26,27)(H,28,29). The number of hydrogen-bond donors (Lipinski definition) is 2. The zero-order valence-electron chi connectivity index (χ0n) is 16.4. The zero-order chi connectivity index (χ0) is 21.8. The van der Waals surface area contributed by atoms with Crippen LogP contribution in [0.2, 0.25) is 0 Å². The van der Waals surface area contributed by atoms with Crippen molar-refractivity contribution in [1.82, 2.24) is 0 Å². The minimum atomic E-state index is -1.58. The number of halogens is 3. The van der Waals surface area contributed by atoms with Gasteiger partial charge in [0.2, 0.25) is 0 Å². The van der Waals surface area contributed by atoms with E-state index in [1.807, 2.05) is 6.92 Å². The Bertz CT molecular complexity index is 936. The predicted octanol–water partition coefficient (Wildman–Crippen LogP) is 5.65. The summed E-state index contributed by atoms with van der Waals surface area (Å²) in [4.78, 5) is 24.5. The second kappa shape index (κ2) is 9.55. The molecule has 0 bridgehead atoms. The molecule has 0 aromatic heterocycles. The maximum absolute atomic E-state index is 13.4. The lowest BCUT2D eigenvalue weighted by Crippen LogP contribution is -2.22. The van der Waals surface area contributed by atoms with Gasteiger partial charge in [0.25, 0.3) is 5.91 Å². The summed E-state index contributed by atoms with van der Waals surface area (Å²) in [7, 11) is 0. The van der Waals surface area contributed by atoms with Crippen LogP contribution in [0.4, 0.5) is 18.9 Å². The fraction of sp³-hybridized carbons (Fsp3) is 0.364. The molecule has 1 amide bonds. The summed E-state index contributed by atoms with van der Waals surface area (Å²) in [6.45, 7) is 1.93. The minimum Gasteiger partial charge on any atom is -0.481 e. The van der Waals surface area contributed by atoms with Gasteiger partial charge in [0.05, 0.1) is 5.92 Å². The smallest absolute Gasteiger partial charge is 0.306 e. The number of aliphatic carboxylic acids is 1. The largest absolute Gasteiger partial charge is 0.481 e. The number of carbonyl (C=O) groups excluding carboxylic acids is 1. The molecule has 4 nitrogen and oxygen atoms in total. The lowest BCUT2D eigenvalue weighted by atomic mass is 9.83. The number of aryl methyl sites for hydroxylation is 1. The SMILES string of the molecule is Cc1ccc(C(=O)Nc2cc(F)c(F)c(F)c2)cc1SCC1CCC(C(=O)O)CC1. The molecular formula is C22H22F3NO3S. The third kappa shape index (κ3) is 5.36. The van der Waals surface area contributed by atoms with E-state index < -0.39 is 29.3 Å². The molecule has 0 spiro atoms. The van der Waals surface area contributed by atoms with Crippen molar-refractivity contribution in [2.45, 2.75) is 37.5 Å². The molecule has 1 saturated carbocycles. The molecular weight excluding hydrogens is 415 g/mol. The molecule has 2 aromatic rings. The summed E-state index contributed by atoms with van der Waals surface area (Å²) in [5.74, 6) is -4.60. The molecule has 0 heterocycles. The number of nitrogens with one attached hydrogen (secondary N) is 1. The van der Waals surface area contributed by atoms with Crippen molar-refractivity contribution < 1.29 is 27.9 Å². The highest BCUT2D eigenvalue weighted by atomic mass is 32.2. The lowest BCUT2D eigenvalue weighted by molar-refractivity contribution is -0.143. The summed E-state index contributed by atoms with van der Waals surface area (Å²) in [5, 5.41) is 11.5. The maximum Gasteiger partial charge on any atom is 0.306 e. The number of thioether (sulfide) groups is 1. The molecule has 1 aliphatic rings. The number of carboxylic acids is 1. The Hall–Kier alpha value is -2.48. The van der Waals surface area contributed by atoms with Crippen LogP contribution in [0.5, 0.6) is 0 Å². The molecule has 0 saturated heterocycles. The van der Waals surface area contributed by atoms with Crippen molar-refractivity contribution in [3.05, 3.63) is 58.9 Å². The topological polar surface area (TPSA) is 66.4 Å². The van der Waals surface area contributed by atoms with Crippen molar-refractivity contribution in [3.63, 3.8) is 0 Å². The summed E-state index contributed by atoms with van der Waals surface area (Å²) < 4.78 is 39.8. The van der Waals surface area contributed by atoms with Crippen molar-refractivity contribution in [3.8, 4) is 0 Å². The van der Waals surface area contributed by atoms with E-state index in [0.717, 1.165) is 41.2 Å². The van der Waals surface area contributed by atoms with E-state index in [4.69, 9.17) is 5.11 Å². The fourth-order valence-corrected chi connectivity index (χ4v) is 4.77. The van der Waals surface area contributed by atoms with Gasteiger partial charge < -0.3 is 10.4 Å². The number of carboxylic acid groups (broad SMARTS) is 1. The minimum absolute atomic E-state index is 0.165. The first kappa shape index (κ1) is 22.2. The second-order valence-electron chi connectivity index (χ2n) is 7.56. The van der Waals surface area contributed by atoms with Crippen LogP contribution in [0.25, 0.3) is 0 Å². The Morgan fingerprint density at radius 2 is 1.70 bits per heavy atom. The average molecular weight is 437 g/mol. The summed E-state index contributed by atoms with van der Waals surface area (Å²) in [6, 6.07) is 6.59. The third-order valence-electron chi connectivity index (χ3n) is 5.36. The van der Waals surface area contributed by atoms with Gasteiger partial charge in [-0.2, -0.15) is 0 Å². The molecule has 0 radical (unpaired) electrons. The number of benzene rings is 2. The fourth-order valence-electron chi connectivity index (χ4n) is 3.51. The van der Waals surface area contributed by atoms with Crippen molar-refractivity contribution in [2.75, 3.05) is 11.1 Å². The first-order valence-electron chi connectivity index (χ1n) is 9.66. The zero-order valence-corrected chi connectivity index (χ0v) is 17.2. The van der Waals surface area contributed by atoms with Crippen molar-refractivity contribution >= 4 is 29.3 Å². The molecule has 1 aliphatic carbocycles. The van der Waals surface area contributed by atoms with Crippen molar-refractivity contribution in [1.29, 1.82) is 0 Å². The normalized spacial score (nSPS) is 18.8. The van der Waals surface area contributed by atoms with E-state index >= 15 is 0 Å². The van der Waals surface area contributed by atoms with Gasteiger partial charge in [-0.05, 0) is 56.2 Å². The first-order valence-corrected chi connectivity index (χ1v) is 10.6. The summed E-state index contributed by atoms with van der Waals surface area (Å²) >= 11 is 1.61. The Balaban J connectivity index is 1.63. The van der Waals surface area contributed by atoms with E-state index in [9.17, 15) is 22.8 Å². The maximum atomic E-state index is 13.4. The first-order chi connectivity index (χ1) is 14.2. The van der Waals surface area contributed by atoms with Crippen LogP contribution in [0.1, 0.15) is 41.6 Å². The van der Waals surface area contributed by atoms with Gasteiger partial charge in [-0.1, -0.05) is 6.07 Å². The molecule has 1 fully saturated rings. The molecule has 3 rings (SSSR count). The van der Waals surface area contributed by atoms with Gasteiger partial charge in [-0.25, -0.2) is 13.2 Å². The van der Waals surface area contributed by atoms with Crippen LogP contribution >= 0.6 is 11.8 Å². The molecule has 8 heteroatoms. The van der Waals surface area contributed by atoms with Crippen LogP contribution < -0.4 is 5.32 Å². The van der Waals surface area contributed by atoms with Gasteiger partial charge in [-0.15, -0.1) is 11.8 Å². The van der Waals surface area contributed by atoms with E-state index in [1.165, 1.54) is 0 Å². The predicted molar refractivity (Wildman–Crippen MR) is 109 cm³/mol. The van der Waals surface area contributed by atoms with E-state index in [-0.39, 0.29) is 11.6 Å². The molecule has 0 unspecified atom stereocenters. The van der Waals surface area contributed by atoms with Gasteiger partial charge in [-0.3, -0.25) is 9.59 Å². The molecule has 160 valence electrons. The molecule has 0 atom stereocenters. The van der Waals surface area contributed by atoms with Gasteiger partial charge in [0.15, 0.2) is 17.5 Å². The van der Waals surface area contributed by atoms with Crippen molar-refractivity contribution in [2.24, 2.45) is 11.8 Å². The highest BCUT2D eigenvalue weighted by molar-refractivity contribution is 7.99. The number of carbonyl (C=O) groups is 2. The molecule has 30 heavy (non-hydrogen) atoms. The average Bonchev–Trinajstić information content (AvgIpc) is 2.71. The number of amides is 1. The number of hydrogen-bond acceptors (Lipinski definition) is 3. The highest BCUT2D eigenvalue weighted by Crippen LogP contribution is 2.34. The molecule has 2 aromatic carbocycles. The summed E-state index contributed by atoms with van der Waals surface area (Å²) in [5.41, 5.74) is 1.15. The van der Waals surface area contributed by atoms with E-state index in [0.29, 0.717) is 24.3 Å². The van der Waals surface area contributed by atoms with Crippen LogP contribution in [0, 0.1) is 36.2 Å².